The molecule has 1 rings (SSSR count). The van der Waals surface area contributed by atoms with Crippen LogP contribution >= 0.6 is 0 Å². The quantitative estimate of drug-likeness (QED) is 0.469. The lowest BCUT2D eigenvalue weighted by atomic mass is 10.2. The highest BCUT2D eigenvalue weighted by Crippen LogP contribution is 2.11. The summed E-state index contributed by atoms with van der Waals surface area (Å²) >= 11 is 0. The number of carbonyl (C=O) groups is 3. The zero-order valence-electron chi connectivity index (χ0n) is 19.7. The minimum Gasteiger partial charge on any atom is -0.459 e. The summed E-state index contributed by atoms with van der Waals surface area (Å²) in [5.74, 6) is -0.927. The number of ether oxygens (including phenoxy) is 3. The van der Waals surface area contributed by atoms with Gasteiger partial charge in [0.15, 0.2) is 0 Å². The molecule has 1 atom stereocenters. The molecule has 0 saturated heterocycles. The Morgan fingerprint density at radius 1 is 0.903 bits per heavy atom. The van der Waals surface area contributed by atoms with Crippen LogP contribution in [0.1, 0.15) is 54.0 Å². The molecule has 0 heterocycles. The molecule has 1 N–H and O–H groups in total. The lowest BCUT2D eigenvalue weighted by Crippen LogP contribution is -2.48. The zero-order chi connectivity index (χ0) is 23.7. The Morgan fingerprint density at radius 2 is 1.39 bits per heavy atom. The monoisotopic (exact) mass is 436 g/mol. The van der Waals surface area contributed by atoms with Gasteiger partial charge in [0.05, 0.1) is 13.1 Å². The first-order chi connectivity index (χ1) is 14.2. The predicted octanol–water partition coefficient (Wildman–Crippen LogP) is 3.29. The molecule has 1 aromatic rings. The lowest BCUT2D eigenvalue weighted by molar-refractivity contribution is -0.160. The molecule has 0 fully saturated rings. The first-order valence-electron chi connectivity index (χ1n) is 10.4. The maximum absolute atomic E-state index is 12.3. The second-order valence-corrected chi connectivity index (χ2v) is 9.37. The third-order valence-electron chi connectivity index (χ3n) is 3.88. The average molecular weight is 437 g/mol. The van der Waals surface area contributed by atoms with Crippen molar-refractivity contribution in [1.82, 2.24) is 10.2 Å². The van der Waals surface area contributed by atoms with Crippen LogP contribution in [-0.2, 0) is 30.4 Å². The zero-order valence-corrected chi connectivity index (χ0v) is 19.7. The van der Waals surface area contributed by atoms with Crippen LogP contribution in [0.3, 0.4) is 0 Å². The Balaban J connectivity index is 2.65. The molecule has 0 radical (unpaired) electrons. The van der Waals surface area contributed by atoms with Gasteiger partial charge in [0.2, 0.25) is 0 Å². The number of esters is 2. The average Bonchev–Trinajstić information content (AvgIpc) is 2.61. The first kappa shape index (κ1) is 26.4. The highest BCUT2D eigenvalue weighted by Gasteiger charge is 2.26. The van der Waals surface area contributed by atoms with Crippen molar-refractivity contribution in [2.45, 2.75) is 72.3 Å². The first-order valence-corrected chi connectivity index (χ1v) is 10.4. The molecule has 1 unspecified atom stereocenters. The standard InChI is InChI=1S/C23H36N2O6/c1-17(13-24-21(28)29-16-18-11-9-8-10-12-18)25(14-19(26)30-22(2,3)4)15-20(27)31-23(5,6)7/h8-12,17H,13-16H2,1-7H3,(H,24,28). The number of alkyl carbamates (subject to hydrolysis) is 1. The summed E-state index contributed by atoms with van der Waals surface area (Å²) in [6.07, 6.45) is -0.579. The van der Waals surface area contributed by atoms with E-state index in [0.29, 0.717) is 0 Å². The van der Waals surface area contributed by atoms with Crippen molar-refractivity contribution in [2.75, 3.05) is 19.6 Å². The third kappa shape index (κ3) is 12.6. The predicted molar refractivity (Wildman–Crippen MR) is 117 cm³/mol. The van der Waals surface area contributed by atoms with Crippen LogP contribution in [0.2, 0.25) is 0 Å². The van der Waals surface area contributed by atoms with E-state index in [1.54, 1.807) is 53.4 Å². The molecular weight excluding hydrogens is 400 g/mol. The maximum Gasteiger partial charge on any atom is 0.407 e. The van der Waals surface area contributed by atoms with E-state index in [1.807, 2.05) is 30.3 Å². The Kier molecular flexibility index (Phi) is 9.97. The summed E-state index contributed by atoms with van der Waals surface area (Å²) < 4.78 is 15.9. The van der Waals surface area contributed by atoms with Gasteiger partial charge in [-0.05, 0) is 54.0 Å². The second kappa shape index (κ2) is 11.7. The van der Waals surface area contributed by atoms with Gasteiger partial charge in [-0.25, -0.2) is 4.79 Å². The fourth-order valence-electron chi connectivity index (χ4n) is 2.58. The molecule has 0 spiro atoms. The Bertz CT molecular complexity index is 692. The topological polar surface area (TPSA) is 94.2 Å². The van der Waals surface area contributed by atoms with E-state index >= 15 is 0 Å². The third-order valence-corrected chi connectivity index (χ3v) is 3.88. The fourth-order valence-corrected chi connectivity index (χ4v) is 2.58. The van der Waals surface area contributed by atoms with Crippen LogP contribution in [-0.4, -0.2) is 59.8 Å². The highest BCUT2D eigenvalue weighted by atomic mass is 16.6. The summed E-state index contributed by atoms with van der Waals surface area (Å²) in [7, 11) is 0. The van der Waals surface area contributed by atoms with E-state index in [0.717, 1.165) is 5.56 Å². The molecule has 0 bridgehead atoms. The minimum absolute atomic E-state index is 0.113. The smallest absolute Gasteiger partial charge is 0.407 e. The molecule has 0 aliphatic heterocycles. The number of hydrogen-bond acceptors (Lipinski definition) is 7. The van der Waals surface area contributed by atoms with Gasteiger partial charge >= 0.3 is 18.0 Å². The number of benzene rings is 1. The van der Waals surface area contributed by atoms with E-state index in [1.165, 1.54) is 0 Å². The van der Waals surface area contributed by atoms with Crippen LogP contribution < -0.4 is 5.32 Å². The summed E-state index contributed by atoms with van der Waals surface area (Å²) in [5.41, 5.74) is -0.406. The molecule has 1 amide bonds. The number of nitrogens with zero attached hydrogens (tertiary/aromatic N) is 1. The van der Waals surface area contributed by atoms with Gasteiger partial charge < -0.3 is 19.5 Å². The van der Waals surface area contributed by atoms with Crippen molar-refractivity contribution in [1.29, 1.82) is 0 Å². The molecule has 174 valence electrons. The Labute approximate surface area is 185 Å². The van der Waals surface area contributed by atoms with Gasteiger partial charge in [-0.3, -0.25) is 14.5 Å². The highest BCUT2D eigenvalue weighted by molar-refractivity contribution is 5.75. The van der Waals surface area contributed by atoms with E-state index in [-0.39, 0.29) is 32.3 Å². The molecular formula is C23H36N2O6. The van der Waals surface area contributed by atoms with Gasteiger partial charge in [-0.2, -0.15) is 0 Å². The lowest BCUT2D eigenvalue weighted by Gasteiger charge is -2.30. The normalized spacial score (nSPS) is 12.8. The summed E-state index contributed by atoms with van der Waals surface area (Å²) in [6.45, 7) is 12.6. The van der Waals surface area contributed by atoms with Gasteiger partial charge in [0.25, 0.3) is 0 Å². The molecule has 0 aromatic heterocycles. The molecule has 0 aliphatic rings. The van der Waals surface area contributed by atoms with Crippen LogP contribution in [0.25, 0.3) is 0 Å². The van der Waals surface area contributed by atoms with Gasteiger partial charge in [0.1, 0.15) is 17.8 Å². The van der Waals surface area contributed by atoms with Crippen LogP contribution in [0.15, 0.2) is 30.3 Å². The molecule has 31 heavy (non-hydrogen) atoms. The molecule has 8 nitrogen and oxygen atoms in total. The number of hydrogen-bond donors (Lipinski definition) is 1. The van der Waals surface area contributed by atoms with Crippen molar-refractivity contribution >= 4 is 18.0 Å². The SMILES string of the molecule is CC(CNC(=O)OCc1ccccc1)N(CC(=O)OC(C)(C)C)CC(=O)OC(C)(C)C. The minimum atomic E-state index is -0.641. The van der Waals surface area contributed by atoms with Crippen molar-refractivity contribution in [3.63, 3.8) is 0 Å². The molecule has 0 aliphatic carbocycles. The van der Waals surface area contributed by atoms with Crippen LogP contribution in [0.5, 0.6) is 0 Å². The number of rotatable bonds is 9. The van der Waals surface area contributed by atoms with Crippen molar-refractivity contribution in [2.24, 2.45) is 0 Å². The summed E-state index contributed by atoms with van der Waals surface area (Å²) in [6, 6.07) is 8.99. The number of amides is 1. The summed E-state index contributed by atoms with van der Waals surface area (Å²) in [5, 5.41) is 2.67. The van der Waals surface area contributed by atoms with E-state index in [9.17, 15) is 14.4 Å². The maximum atomic E-state index is 12.3. The van der Waals surface area contributed by atoms with Crippen molar-refractivity contribution < 1.29 is 28.6 Å². The summed E-state index contributed by atoms with van der Waals surface area (Å²) in [4.78, 5) is 38.3. The van der Waals surface area contributed by atoms with E-state index in [2.05, 4.69) is 5.32 Å². The second-order valence-electron chi connectivity index (χ2n) is 9.37. The van der Waals surface area contributed by atoms with Crippen LogP contribution in [0, 0.1) is 0 Å². The largest absolute Gasteiger partial charge is 0.459 e. The van der Waals surface area contributed by atoms with Crippen LogP contribution in [0.4, 0.5) is 4.79 Å². The molecule has 1 aromatic carbocycles. The van der Waals surface area contributed by atoms with Crippen molar-refractivity contribution in [3.05, 3.63) is 35.9 Å². The molecule has 0 saturated carbocycles. The van der Waals surface area contributed by atoms with Crippen molar-refractivity contribution in [3.8, 4) is 0 Å². The Morgan fingerprint density at radius 3 is 1.84 bits per heavy atom. The van der Waals surface area contributed by atoms with E-state index < -0.39 is 29.2 Å². The molecule has 8 heteroatoms. The Hall–Kier alpha value is -2.61. The van der Waals surface area contributed by atoms with Gasteiger partial charge in [-0.1, -0.05) is 30.3 Å². The number of nitrogens with one attached hydrogen (secondary N) is 1. The van der Waals surface area contributed by atoms with Gasteiger partial charge in [-0.15, -0.1) is 0 Å². The number of carbonyl (C=O) groups excluding carboxylic acids is 3. The fraction of sp³-hybridized carbons (Fsp3) is 0.609. The van der Waals surface area contributed by atoms with Gasteiger partial charge in [0, 0.05) is 12.6 Å². The van der Waals surface area contributed by atoms with E-state index in [4.69, 9.17) is 14.2 Å².